The average molecular weight is 399 g/mol. The Kier molecular flexibility index (Phi) is 8.03. The molecule has 0 bridgehead atoms. The summed E-state index contributed by atoms with van der Waals surface area (Å²) in [6.07, 6.45) is 0. The van der Waals surface area contributed by atoms with Crippen LogP contribution in [0.2, 0.25) is 0 Å². The molecule has 0 saturated carbocycles. The van der Waals surface area contributed by atoms with Crippen molar-refractivity contribution in [2.24, 2.45) is 0 Å². The summed E-state index contributed by atoms with van der Waals surface area (Å²) in [5.74, 6) is 0.347. The molecule has 2 rings (SSSR count). The molecule has 2 aromatic rings. The van der Waals surface area contributed by atoms with Crippen LogP contribution in [0.25, 0.3) is 0 Å². The Labute approximate surface area is 171 Å². The van der Waals surface area contributed by atoms with Crippen LogP contribution in [0.1, 0.15) is 31.1 Å². The van der Waals surface area contributed by atoms with Gasteiger partial charge in [-0.1, -0.05) is 6.07 Å². The normalized spacial score (nSPS) is 10.9. The third-order valence-electron chi connectivity index (χ3n) is 3.76. The Morgan fingerprint density at radius 2 is 1.69 bits per heavy atom. The summed E-state index contributed by atoms with van der Waals surface area (Å²) >= 11 is 0. The fourth-order valence-electron chi connectivity index (χ4n) is 2.45. The lowest BCUT2D eigenvalue weighted by Crippen LogP contribution is -2.40. The summed E-state index contributed by atoms with van der Waals surface area (Å²) in [4.78, 5) is 24.3. The number of methoxy groups -OCH3 is 1. The Morgan fingerprint density at radius 3 is 2.34 bits per heavy atom. The van der Waals surface area contributed by atoms with Crippen LogP contribution in [0.15, 0.2) is 48.5 Å². The topological polar surface area (TPSA) is 88.7 Å². The molecule has 0 fully saturated rings. The van der Waals surface area contributed by atoms with E-state index in [2.05, 4.69) is 16.0 Å². The second-order valence-electron chi connectivity index (χ2n) is 7.55. The van der Waals surface area contributed by atoms with Gasteiger partial charge in [-0.15, -0.1) is 0 Å². The number of rotatable bonds is 9. The van der Waals surface area contributed by atoms with Crippen molar-refractivity contribution in [2.75, 3.05) is 37.5 Å². The van der Waals surface area contributed by atoms with Crippen LogP contribution in [0.5, 0.6) is 5.75 Å². The lowest BCUT2D eigenvalue weighted by atomic mass is 10.1. The molecule has 3 N–H and O–H groups in total. The molecule has 0 aliphatic rings. The number of anilines is 2. The number of nitrogens with one attached hydrogen (secondary N) is 3. The van der Waals surface area contributed by atoms with Crippen molar-refractivity contribution >= 4 is 23.2 Å². The van der Waals surface area contributed by atoms with Crippen LogP contribution in [0, 0.1) is 0 Å². The van der Waals surface area contributed by atoms with Gasteiger partial charge in [-0.2, -0.15) is 0 Å². The smallest absolute Gasteiger partial charge is 0.251 e. The van der Waals surface area contributed by atoms with Crippen molar-refractivity contribution < 1.29 is 19.1 Å². The standard InChI is InChI=1S/C22H29N3O4/c1-22(2,3)25-21(27)16-8-10-17(11-9-16)23-15-20(26)24-18-6-5-7-19(14-18)29-13-12-28-4/h5-11,14,23H,12-13,15H2,1-4H3,(H,24,26)(H,25,27). The van der Waals surface area contributed by atoms with Gasteiger partial charge in [-0.25, -0.2) is 0 Å². The zero-order valence-electron chi connectivity index (χ0n) is 17.4. The first-order valence-corrected chi connectivity index (χ1v) is 9.45. The molecule has 0 spiro atoms. The van der Waals surface area contributed by atoms with Gasteiger partial charge in [0.1, 0.15) is 12.4 Å². The summed E-state index contributed by atoms with van der Waals surface area (Å²) in [6.45, 7) is 6.83. The molecule has 0 aromatic heterocycles. The van der Waals surface area contributed by atoms with Crippen LogP contribution in [0.4, 0.5) is 11.4 Å². The van der Waals surface area contributed by atoms with Gasteiger partial charge >= 0.3 is 0 Å². The Hall–Kier alpha value is -3.06. The van der Waals surface area contributed by atoms with Crippen molar-refractivity contribution in [3.8, 4) is 5.75 Å². The monoisotopic (exact) mass is 399 g/mol. The van der Waals surface area contributed by atoms with Gasteiger partial charge in [0.05, 0.1) is 13.2 Å². The molecular weight excluding hydrogens is 370 g/mol. The summed E-state index contributed by atoms with van der Waals surface area (Å²) in [6, 6.07) is 14.2. The molecule has 0 aliphatic heterocycles. The summed E-state index contributed by atoms with van der Waals surface area (Å²) < 4.78 is 10.5. The number of ether oxygens (including phenoxy) is 2. The van der Waals surface area contributed by atoms with Gasteiger partial charge in [-0.3, -0.25) is 9.59 Å². The molecule has 29 heavy (non-hydrogen) atoms. The minimum Gasteiger partial charge on any atom is -0.491 e. The quantitative estimate of drug-likeness (QED) is 0.563. The summed E-state index contributed by atoms with van der Waals surface area (Å²) in [5, 5.41) is 8.78. The Bertz CT molecular complexity index is 814. The molecule has 0 radical (unpaired) electrons. The highest BCUT2D eigenvalue weighted by atomic mass is 16.5. The van der Waals surface area contributed by atoms with Crippen LogP contribution in [-0.2, 0) is 9.53 Å². The van der Waals surface area contributed by atoms with Crippen molar-refractivity contribution in [3.05, 3.63) is 54.1 Å². The first kappa shape index (κ1) is 22.2. The summed E-state index contributed by atoms with van der Waals surface area (Å²) in [5.41, 5.74) is 1.68. The van der Waals surface area contributed by atoms with Crippen LogP contribution >= 0.6 is 0 Å². The highest BCUT2D eigenvalue weighted by Crippen LogP contribution is 2.17. The molecule has 2 amide bonds. The number of amides is 2. The SMILES string of the molecule is COCCOc1cccc(NC(=O)CNc2ccc(C(=O)NC(C)(C)C)cc2)c1. The van der Waals surface area contributed by atoms with Gasteiger partial charge in [0.15, 0.2) is 0 Å². The minimum atomic E-state index is -0.293. The fraction of sp³-hybridized carbons (Fsp3) is 0.364. The number of hydrogen-bond acceptors (Lipinski definition) is 5. The van der Waals surface area contributed by atoms with Gasteiger partial charge in [0.25, 0.3) is 5.91 Å². The minimum absolute atomic E-state index is 0.0995. The van der Waals surface area contributed by atoms with Crippen molar-refractivity contribution in [1.29, 1.82) is 0 Å². The highest BCUT2D eigenvalue weighted by Gasteiger charge is 2.15. The second-order valence-corrected chi connectivity index (χ2v) is 7.55. The van der Waals surface area contributed by atoms with Gasteiger partial charge < -0.3 is 25.4 Å². The van der Waals surface area contributed by atoms with E-state index < -0.39 is 0 Å². The number of benzene rings is 2. The Balaban J connectivity index is 1.83. The van der Waals surface area contributed by atoms with E-state index in [4.69, 9.17) is 9.47 Å². The lowest BCUT2D eigenvalue weighted by molar-refractivity contribution is -0.114. The number of carbonyl (C=O) groups is 2. The molecule has 0 saturated heterocycles. The molecule has 156 valence electrons. The van der Waals surface area contributed by atoms with E-state index in [9.17, 15) is 9.59 Å². The maximum atomic E-state index is 12.2. The van der Waals surface area contributed by atoms with Gasteiger partial charge in [0.2, 0.25) is 5.91 Å². The van der Waals surface area contributed by atoms with E-state index in [1.807, 2.05) is 32.9 Å². The third-order valence-corrected chi connectivity index (χ3v) is 3.76. The zero-order chi connectivity index (χ0) is 21.3. The lowest BCUT2D eigenvalue weighted by Gasteiger charge is -2.20. The van der Waals surface area contributed by atoms with Gasteiger partial charge in [-0.05, 0) is 57.2 Å². The van der Waals surface area contributed by atoms with E-state index in [1.165, 1.54) is 0 Å². The predicted molar refractivity (Wildman–Crippen MR) is 115 cm³/mol. The molecule has 0 aliphatic carbocycles. The first-order chi connectivity index (χ1) is 13.8. The van der Waals surface area contributed by atoms with E-state index in [-0.39, 0.29) is 23.9 Å². The predicted octanol–water partition coefficient (Wildman–Crippen LogP) is 3.29. The Morgan fingerprint density at radius 1 is 0.966 bits per heavy atom. The van der Waals surface area contributed by atoms with Crippen molar-refractivity contribution in [1.82, 2.24) is 5.32 Å². The first-order valence-electron chi connectivity index (χ1n) is 9.45. The van der Waals surface area contributed by atoms with Crippen LogP contribution < -0.4 is 20.7 Å². The van der Waals surface area contributed by atoms with E-state index in [1.54, 1.807) is 43.5 Å². The highest BCUT2D eigenvalue weighted by molar-refractivity contribution is 5.95. The van der Waals surface area contributed by atoms with Gasteiger partial charge in [0, 0.05) is 35.7 Å². The average Bonchev–Trinajstić information content (AvgIpc) is 2.66. The van der Waals surface area contributed by atoms with E-state index >= 15 is 0 Å². The van der Waals surface area contributed by atoms with Crippen LogP contribution in [-0.4, -0.2) is 44.2 Å². The molecular formula is C22H29N3O4. The van der Waals surface area contributed by atoms with E-state index in [0.29, 0.717) is 30.2 Å². The maximum absolute atomic E-state index is 12.2. The summed E-state index contributed by atoms with van der Waals surface area (Å²) in [7, 11) is 1.61. The molecule has 0 atom stereocenters. The van der Waals surface area contributed by atoms with Crippen molar-refractivity contribution in [3.63, 3.8) is 0 Å². The van der Waals surface area contributed by atoms with Crippen LogP contribution in [0.3, 0.4) is 0 Å². The number of carbonyl (C=O) groups excluding carboxylic acids is 2. The number of hydrogen-bond donors (Lipinski definition) is 3. The molecule has 2 aromatic carbocycles. The largest absolute Gasteiger partial charge is 0.491 e. The van der Waals surface area contributed by atoms with Crippen molar-refractivity contribution in [2.45, 2.75) is 26.3 Å². The van der Waals surface area contributed by atoms with E-state index in [0.717, 1.165) is 5.69 Å². The molecule has 7 nitrogen and oxygen atoms in total. The molecule has 0 unspecified atom stereocenters. The zero-order valence-corrected chi connectivity index (χ0v) is 17.4. The fourth-order valence-corrected chi connectivity index (χ4v) is 2.45. The maximum Gasteiger partial charge on any atom is 0.251 e. The second kappa shape index (κ2) is 10.5. The third kappa shape index (κ3) is 8.23. The molecule has 0 heterocycles. The molecule has 7 heteroatoms.